The maximum atomic E-state index is 5.64. The summed E-state index contributed by atoms with van der Waals surface area (Å²) in [7, 11) is -0.383. The van der Waals surface area contributed by atoms with Crippen LogP contribution in [0.5, 0.6) is 0 Å². The summed E-state index contributed by atoms with van der Waals surface area (Å²) in [6, 6.07) is 1.15. The molecule has 0 aromatic rings. The molecule has 0 heterocycles. The average Bonchev–Trinajstić information content (AvgIpc) is 1.78. The molecule has 0 spiro atoms. The Bertz CT molecular complexity index is 138. The van der Waals surface area contributed by atoms with E-state index in [-0.39, 0.29) is 0 Å². The van der Waals surface area contributed by atoms with E-state index in [4.69, 9.17) is 4.43 Å². The molecule has 0 radical (unpaired) electrons. The van der Waals surface area contributed by atoms with E-state index >= 15 is 0 Å². The molecule has 0 bridgehead atoms. The van der Waals surface area contributed by atoms with Crippen molar-refractivity contribution in [1.29, 1.82) is 0 Å². The monoisotopic (exact) mass is 172 g/mol. The summed E-state index contributed by atoms with van der Waals surface area (Å²) in [6.07, 6.45) is 0. The first-order valence-electron chi connectivity index (χ1n) is 3.60. The van der Waals surface area contributed by atoms with E-state index in [1.54, 1.807) is 0 Å². The highest BCUT2D eigenvalue weighted by molar-refractivity contribution is 6.69. The van der Waals surface area contributed by atoms with Gasteiger partial charge in [-0.2, -0.15) is 0 Å². The number of hydrogen-bond acceptors (Lipinski definition) is 1. The van der Waals surface area contributed by atoms with Gasteiger partial charge in [-0.15, -0.1) is 5.50 Å². The second-order valence-electron chi connectivity index (χ2n) is 3.14. The van der Waals surface area contributed by atoms with Crippen LogP contribution in [0.15, 0.2) is 0 Å². The summed E-state index contributed by atoms with van der Waals surface area (Å²) in [6.45, 7) is 9.56. The molecule has 0 amide bonds. The zero-order valence-electron chi connectivity index (χ0n) is 7.32. The molecule has 0 aromatic heterocycles. The average molecular weight is 172 g/mol. The van der Waals surface area contributed by atoms with Crippen molar-refractivity contribution in [1.82, 2.24) is 0 Å². The summed E-state index contributed by atoms with van der Waals surface area (Å²) in [5, 5.41) is 0. The lowest BCUT2D eigenvalue weighted by Crippen LogP contribution is -2.25. The Morgan fingerprint density at radius 1 is 1.40 bits per heavy atom. The molecule has 0 aliphatic rings. The standard InChI is InChI=1S/C7H16OSi2/c1-5-9-7-6-8-10(2,3)4/h6-7H2,1-4H3. The van der Waals surface area contributed by atoms with Gasteiger partial charge in [0.15, 0.2) is 8.32 Å². The molecule has 0 unspecified atom stereocenters. The van der Waals surface area contributed by atoms with Crippen molar-refractivity contribution in [3.63, 3.8) is 0 Å². The zero-order valence-corrected chi connectivity index (χ0v) is 9.32. The van der Waals surface area contributed by atoms with Gasteiger partial charge in [0.2, 0.25) is 0 Å². The molecule has 58 valence electrons. The second-order valence-corrected chi connectivity index (χ2v) is 9.00. The molecule has 1 nitrogen and oxygen atoms in total. The molecule has 0 saturated carbocycles. The van der Waals surface area contributed by atoms with Crippen molar-refractivity contribution in [2.45, 2.75) is 32.6 Å². The first kappa shape index (κ1) is 10.2. The van der Waals surface area contributed by atoms with Gasteiger partial charge in [-0.25, -0.2) is 0 Å². The molecule has 0 aromatic carbocycles. The van der Waals surface area contributed by atoms with E-state index in [2.05, 4.69) is 25.1 Å². The van der Waals surface area contributed by atoms with Gasteiger partial charge in [0.05, 0.1) is 0 Å². The second kappa shape index (κ2) is 4.91. The van der Waals surface area contributed by atoms with Gasteiger partial charge in [-0.3, -0.25) is 0 Å². The molecular weight excluding hydrogens is 156 g/mol. The third kappa shape index (κ3) is 8.17. The van der Waals surface area contributed by atoms with Crippen LogP contribution in [0.2, 0.25) is 25.7 Å². The zero-order chi connectivity index (χ0) is 8.04. The number of rotatable bonds is 3. The fourth-order valence-corrected chi connectivity index (χ4v) is 1.91. The van der Waals surface area contributed by atoms with E-state index in [0.29, 0.717) is 0 Å². The van der Waals surface area contributed by atoms with Crippen molar-refractivity contribution in [3.05, 3.63) is 0 Å². The van der Waals surface area contributed by atoms with Crippen LogP contribution >= 0.6 is 0 Å². The molecule has 0 N–H and O–H groups in total. The van der Waals surface area contributed by atoms with Crippen LogP contribution in [0.1, 0.15) is 6.92 Å². The van der Waals surface area contributed by atoms with E-state index in [1.165, 1.54) is 0 Å². The van der Waals surface area contributed by atoms with E-state index in [0.717, 1.165) is 21.6 Å². The Kier molecular flexibility index (Phi) is 4.99. The van der Waals surface area contributed by atoms with Crippen molar-refractivity contribution in [3.8, 4) is 5.50 Å². The molecule has 10 heavy (non-hydrogen) atoms. The lowest BCUT2D eigenvalue weighted by atomic mass is 10.9. The van der Waals surface area contributed by atoms with Crippen molar-refractivity contribution in [2.75, 3.05) is 6.61 Å². The Hall–Kier alpha value is 0.174. The lowest BCUT2D eigenvalue weighted by Gasteiger charge is -2.15. The number of hydrogen-bond donors (Lipinski definition) is 0. The van der Waals surface area contributed by atoms with Gasteiger partial charge in [0.1, 0.15) is 0 Å². The van der Waals surface area contributed by atoms with Gasteiger partial charge < -0.3 is 4.43 Å². The Balaban J connectivity index is 3.26. The minimum atomic E-state index is -1.23. The predicted octanol–water partition coefficient (Wildman–Crippen LogP) is 1.94. The fourth-order valence-electron chi connectivity index (χ4n) is 0.533. The van der Waals surface area contributed by atoms with E-state index in [9.17, 15) is 0 Å². The van der Waals surface area contributed by atoms with E-state index in [1.807, 2.05) is 6.92 Å². The van der Waals surface area contributed by atoms with Crippen LogP contribution in [-0.4, -0.2) is 23.9 Å². The molecule has 0 saturated heterocycles. The van der Waals surface area contributed by atoms with Crippen LogP contribution in [0.25, 0.3) is 0 Å². The van der Waals surface area contributed by atoms with Crippen LogP contribution in [0, 0.1) is 5.50 Å². The van der Waals surface area contributed by atoms with Crippen molar-refractivity contribution < 1.29 is 4.43 Å². The third-order valence-electron chi connectivity index (χ3n) is 0.939. The lowest BCUT2D eigenvalue weighted by molar-refractivity contribution is 0.334. The predicted molar refractivity (Wildman–Crippen MR) is 49.4 cm³/mol. The van der Waals surface area contributed by atoms with Crippen LogP contribution in [0.4, 0.5) is 0 Å². The highest BCUT2D eigenvalue weighted by Crippen LogP contribution is 2.01. The SMILES string of the molecule is CC#[Si]CCO[Si](C)(C)C. The topological polar surface area (TPSA) is 9.23 Å². The molecular formula is C7H16OSi2. The van der Waals surface area contributed by atoms with Crippen LogP contribution < -0.4 is 0 Å². The molecule has 0 fully saturated rings. The fraction of sp³-hybridized carbons (Fsp3) is 0.857. The van der Waals surface area contributed by atoms with Gasteiger partial charge in [0, 0.05) is 12.7 Å². The third-order valence-corrected chi connectivity index (χ3v) is 2.82. The maximum Gasteiger partial charge on any atom is 0.183 e. The van der Waals surface area contributed by atoms with Crippen LogP contribution in [0.3, 0.4) is 0 Å². The van der Waals surface area contributed by atoms with Crippen LogP contribution in [-0.2, 0) is 4.43 Å². The summed E-state index contributed by atoms with van der Waals surface area (Å²) in [5.41, 5.74) is 3.12. The molecule has 3 heteroatoms. The van der Waals surface area contributed by atoms with Gasteiger partial charge in [-0.1, -0.05) is 0 Å². The summed E-state index contributed by atoms with van der Waals surface area (Å²) >= 11 is 0. The summed E-state index contributed by atoms with van der Waals surface area (Å²) in [4.78, 5) is 0. The molecule has 0 aliphatic carbocycles. The Morgan fingerprint density at radius 2 is 2.00 bits per heavy atom. The first-order valence-corrected chi connectivity index (χ1v) is 8.21. The smallest absolute Gasteiger partial charge is 0.183 e. The normalized spacial score (nSPS) is 10.4. The highest BCUT2D eigenvalue weighted by Gasteiger charge is 2.12. The minimum absolute atomic E-state index is 0.848. The molecule has 0 rings (SSSR count). The van der Waals surface area contributed by atoms with Gasteiger partial charge in [-0.05, 0) is 35.5 Å². The first-order chi connectivity index (χ1) is 4.56. The summed E-state index contributed by atoms with van der Waals surface area (Å²) in [5.74, 6) is 0. The highest BCUT2D eigenvalue weighted by atomic mass is 28.4. The van der Waals surface area contributed by atoms with E-state index < -0.39 is 8.32 Å². The maximum absolute atomic E-state index is 5.64. The Labute approximate surface area is 67.0 Å². The molecule has 0 atom stereocenters. The quantitative estimate of drug-likeness (QED) is 0.467. The van der Waals surface area contributed by atoms with Crippen molar-refractivity contribution >= 4 is 17.3 Å². The summed E-state index contributed by atoms with van der Waals surface area (Å²) < 4.78 is 5.64. The van der Waals surface area contributed by atoms with Gasteiger partial charge in [0.25, 0.3) is 0 Å². The molecule has 0 aliphatic heterocycles. The minimum Gasteiger partial charge on any atom is -0.417 e. The Morgan fingerprint density at radius 3 is 2.40 bits per heavy atom. The van der Waals surface area contributed by atoms with Gasteiger partial charge >= 0.3 is 0 Å². The van der Waals surface area contributed by atoms with Crippen molar-refractivity contribution in [2.24, 2.45) is 0 Å². The largest absolute Gasteiger partial charge is 0.417 e.